The van der Waals surface area contributed by atoms with Gasteiger partial charge in [-0.3, -0.25) is 5.10 Å². The summed E-state index contributed by atoms with van der Waals surface area (Å²) in [5, 5.41) is 15.0. The van der Waals surface area contributed by atoms with Crippen LogP contribution in [0.4, 0.5) is 0 Å². The van der Waals surface area contributed by atoms with E-state index in [1.807, 2.05) is 0 Å². The molecule has 2 atom stereocenters. The third kappa shape index (κ3) is 2.96. The van der Waals surface area contributed by atoms with Gasteiger partial charge >= 0.3 is 5.97 Å². The summed E-state index contributed by atoms with van der Waals surface area (Å²) in [5.74, 6) is -0.813. The average molecular weight is 315 g/mol. The molecule has 0 bridgehead atoms. The zero-order chi connectivity index (χ0) is 15.8. The lowest BCUT2D eigenvalue weighted by Crippen LogP contribution is -2.40. The van der Waals surface area contributed by atoms with Crippen LogP contribution in [0.1, 0.15) is 48.7 Å². The van der Waals surface area contributed by atoms with E-state index in [0.717, 1.165) is 25.7 Å². The number of aryl methyl sites for hydroxylation is 1. The van der Waals surface area contributed by atoms with E-state index in [2.05, 4.69) is 17.1 Å². The number of carboxylic acids is 1. The number of hydrogen-bond donors (Lipinski definition) is 2. The Morgan fingerprint density at radius 2 is 2.10 bits per heavy atom. The molecule has 1 heterocycles. The molecule has 1 aliphatic carbocycles. The Hall–Kier alpha value is -1.41. The van der Waals surface area contributed by atoms with Gasteiger partial charge in [0.1, 0.15) is 5.56 Å². The first-order valence-corrected chi connectivity index (χ1v) is 8.45. The number of carboxylic acid groups (broad SMARTS) is 1. The zero-order valence-electron chi connectivity index (χ0n) is 12.5. The number of nitrogens with zero attached hydrogens (tertiary/aromatic N) is 2. The topological polar surface area (TPSA) is 103 Å². The van der Waals surface area contributed by atoms with Gasteiger partial charge in [0.15, 0.2) is 0 Å². The fourth-order valence-corrected chi connectivity index (χ4v) is 4.43. The van der Waals surface area contributed by atoms with Gasteiger partial charge in [0.2, 0.25) is 5.03 Å². The van der Waals surface area contributed by atoms with E-state index in [1.165, 1.54) is 18.3 Å². The minimum atomic E-state index is -3.91. The van der Waals surface area contributed by atoms with Crippen molar-refractivity contribution in [3.05, 3.63) is 11.3 Å². The van der Waals surface area contributed by atoms with Crippen LogP contribution < -0.4 is 0 Å². The largest absolute Gasteiger partial charge is 0.478 e. The number of sulfonamides is 1. The first kappa shape index (κ1) is 16.0. The zero-order valence-corrected chi connectivity index (χ0v) is 13.3. The normalized spacial score (nSPS) is 23.4. The highest BCUT2D eigenvalue weighted by molar-refractivity contribution is 7.89. The maximum atomic E-state index is 12.7. The lowest BCUT2D eigenvalue weighted by molar-refractivity contribution is 0.0691. The van der Waals surface area contributed by atoms with Gasteiger partial charge in [-0.1, -0.05) is 19.8 Å². The van der Waals surface area contributed by atoms with Crippen LogP contribution in [0.3, 0.4) is 0 Å². The first-order chi connectivity index (χ1) is 9.75. The molecular weight excluding hydrogens is 294 g/mol. The summed E-state index contributed by atoms with van der Waals surface area (Å²) < 4.78 is 26.6. The predicted molar refractivity (Wildman–Crippen MR) is 76.7 cm³/mol. The summed E-state index contributed by atoms with van der Waals surface area (Å²) in [6, 6.07) is -0.0996. The molecular formula is C13H21N3O4S. The molecule has 2 unspecified atom stereocenters. The molecule has 2 N–H and O–H groups in total. The molecule has 1 aromatic rings. The molecule has 0 radical (unpaired) electrons. The Labute approximate surface area is 124 Å². The fraction of sp³-hybridized carbons (Fsp3) is 0.692. The van der Waals surface area contributed by atoms with E-state index >= 15 is 0 Å². The molecule has 1 aliphatic rings. The van der Waals surface area contributed by atoms with Gasteiger partial charge in [-0.15, -0.1) is 0 Å². The number of H-pyrrole nitrogens is 1. The smallest absolute Gasteiger partial charge is 0.340 e. The van der Waals surface area contributed by atoms with Gasteiger partial charge in [-0.2, -0.15) is 9.40 Å². The predicted octanol–water partition coefficient (Wildman–Crippen LogP) is 1.62. The second-order valence-corrected chi connectivity index (χ2v) is 7.69. The number of nitrogens with one attached hydrogen (secondary N) is 1. The molecule has 1 saturated carbocycles. The van der Waals surface area contributed by atoms with Gasteiger partial charge in [0.25, 0.3) is 10.0 Å². The molecule has 21 heavy (non-hydrogen) atoms. The van der Waals surface area contributed by atoms with E-state index in [9.17, 15) is 18.3 Å². The van der Waals surface area contributed by atoms with E-state index < -0.39 is 21.0 Å². The van der Waals surface area contributed by atoms with Gasteiger partial charge in [0, 0.05) is 18.8 Å². The van der Waals surface area contributed by atoms with Crippen molar-refractivity contribution >= 4 is 16.0 Å². The summed E-state index contributed by atoms with van der Waals surface area (Å²) in [6.07, 6.45) is 3.68. The van der Waals surface area contributed by atoms with Crippen LogP contribution in [0, 0.1) is 12.8 Å². The highest BCUT2D eigenvalue weighted by atomic mass is 32.2. The number of hydrogen-bond acceptors (Lipinski definition) is 4. The fourth-order valence-electron chi connectivity index (χ4n) is 2.91. The van der Waals surface area contributed by atoms with Crippen molar-refractivity contribution in [3.8, 4) is 0 Å². The van der Waals surface area contributed by atoms with Crippen LogP contribution in [0.2, 0.25) is 0 Å². The molecule has 7 nitrogen and oxygen atoms in total. The SMILES string of the molecule is Cc1[nH]nc(S(=O)(=O)N(C)C2CCCC(C)C2)c1C(=O)O. The maximum absolute atomic E-state index is 12.7. The summed E-state index contributed by atoms with van der Waals surface area (Å²) >= 11 is 0. The minimum Gasteiger partial charge on any atom is -0.478 e. The monoisotopic (exact) mass is 315 g/mol. The van der Waals surface area contributed by atoms with Gasteiger partial charge in [-0.25, -0.2) is 13.2 Å². The third-order valence-electron chi connectivity index (χ3n) is 4.17. The standard InChI is InChI=1S/C13H21N3O4S/c1-8-5-4-6-10(7-8)16(3)21(19,20)12-11(13(17)18)9(2)14-15-12/h8,10H,4-7H2,1-3H3,(H,14,15)(H,17,18). The lowest BCUT2D eigenvalue weighted by atomic mass is 9.87. The van der Waals surface area contributed by atoms with Crippen molar-refractivity contribution in [3.63, 3.8) is 0 Å². The Bertz CT molecular complexity index is 638. The second-order valence-electron chi connectivity index (χ2n) is 5.78. The summed E-state index contributed by atoms with van der Waals surface area (Å²) in [7, 11) is -2.40. The highest BCUT2D eigenvalue weighted by Crippen LogP contribution is 2.30. The Kier molecular flexibility index (Phi) is 4.38. The second kappa shape index (κ2) is 5.76. The van der Waals surface area contributed by atoms with Gasteiger partial charge < -0.3 is 5.11 Å². The number of aromatic nitrogens is 2. The summed E-state index contributed by atoms with van der Waals surface area (Å²) in [6.45, 7) is 3.60. The molecule has 8 heteroatoms. The molecule has 1 aromatic heterocycles. The first-order valence-electron chi connectivity index (χ1n) is 7.01. The molecule has 0 aromatic carbocycles. The molecule has 0 amide bonds. The van der Waals surface area contributed by atoms with Crippen LogP contribution >= 0.6 is 0 Å². The number of rotatable bonds is 4. The van der Waals surface area contributed by atoms with E-state index in [-0.39, 0.29) is 17.3 Å². The van der Waals surface area contributed by atoms with Crippen molar-refractivity contribution in [2.75, 3.05) is 7.05 Å². The Balaban J connectivity index is 2.35. The highest BCUT2D eigenvalue weighted by Gasteiger charge is 2.36. The molecule has 0 aliphatic heterocycles. The lowest BCUT2D eigenvalue weighted by Gasteiger charge is -2.32. The van der Waals surface area contributed by atoms with Crippen LogP contribution in [0.15, 0.2) is 5.03 Å². The van der Waals surface area contributed by atoms with E-state index in [1.54, 1.807) is 0 Å². The van der Waals surface area contributed by atoms with Crippen LogP contribution in [0.5, 0.6) is 0 Å². The molecule has 1 fully saturated rings. The van der Waals surface area contributed by atoms with Crippen molar-refractivity contribution in [1.82, 2.24) is 14.5 Å². The molecule has 0 saturated heterocycles. The van der Waals surface area contributed by atoms with Gasteiger partial charge in [-0.05, 0) is 25.7 Å². The maximum Gasteiger partial charge on any atom is 0.340 e. The Morgan fingerprint density at radius 1 is 1.43 bits per heavy atom. The van der Waals surface area contributed by atoms with Crippen molar-refractivity contribution < 1.29 is 18.3 Å². The van der Waals surface area contributed by atoms with Crippen molar-refractivity contribution in [1.29, 1.82) is 0 Å². The van der Waals surface area contributed by atoms with Crippen LogP contribution in [-0.4, -0.2) is 47.1 Å². The van der Waals surface area contributed by atoms with Crippen molar-refractivity contribution in [2.24, 2.45) is 5.92 Å². The molecule has 0 spiro atoms. The number of aromatic amines is 1. The third-order valence-corrected chi connectivity index (χ3v) is 6.01. The van der Waals surface area contributed by atoms with E-state index in [0.29, 0.717) is 5.92 Å². The van der Waals surface area contributed by atoms with Crippen molar-refractivity contribution in [2.45, 2.75) is 50.6 Å². The number of aromatic carboxylic acids is 1. The van der Waals surface area contributed by atoms with Gasteiger partial charge in [0.05, 0.1) is 0 Å². The Morgan fingerprint density at radius 3 is 2.67 bits per heavy atom. The summed E-state index contributed by atoms with van der Waals surface area (Å²) in [5.41, 5.74) is -0.0304. The molecule has 2 rings (SSSR count). The minimum absolute atomic E-state index is 0.0996. The van der Waals surface area contributed by atoms with Crippen LogP contribution in [0.25, 0.3) is 0 Å². The van der Waals surface area contributed by atoms with E-state index in [4.69, 9.17) is 0 Å². The summed E-state index contributed by atoms with van der Waals surface area (Å²) in [4.78, 5) is 11.3. The average Bonchev–Trinajstić information content (AvgIpc) is 2.80. The quantitative estimate of drug-likeness (QED) is 0.878. The number of carbonyl (C=O) groups is 1. The van der Waals surface area contributed by atoms with Crippen LogP contribution in [-0.2, 0) is 10.0 Å². The molecule has 118 valence electrons.